The Kier molecular flexibility index (Phi) is 7.16. The molecule has 3 aromatic rings. The first kappa shape index (κ1) is 20.8. The van der Waals surface area contributed by atoms with Gasteiger partial charge in [-0.3, -0.25) is 9.59 Å². The highest BCUT2D eigenvalue weighted by Crippen LogP contribution is 2.17. The molecule has 0 spiro atoms. The average Bonchev–Trinajstić information content (AvgIpc) is 2.72. The van der Waals surface area contributed by atoms with Crippen LogP contribution in [0, 0.1) is 0 Å². The molecular weight excluding hydrogens is 432 g/mol. The number of carbonyl (C=O) groups is 2. The number of benzene rings is 3. The molecule has 0 aromatic heterocycles. The van der Waals surface area contributed by atoms with Crippen molar-refractivity contribution in [1.29, 1.82) is 0 Å². The van der Waals surface area contributed by atoms with Crippen LogP contribution in [0.4, 0.5) is 11.4 Å². The summed E-state index contributed by atoms with van der Waals surface area (Å²) in [4.78, 5) is 25.0. The SMILES string of the molecule is CCOCc1cccc(NC(=O)c2cccc(NC(=O)c3cccc(Br)c3)c2)c1. The zero-order valence-electron chi connectivity index (χ0n) is 15.9. The van der Waals surface area contributed by atoms with Gasteiger partial charge in [-0.25, -0.2) is 0 Å². The third-order valence-corrected chi connectivity index (χ3v) is 4.62. The predicted octanol–water partition coefficient (Wildman–Crippen LogP) is 5.49. The van der Waals surface area contributed by atoms with Crippen molar-refractivity contribution in [2.75, 3.05) is 17.2 Å². The van der Waals surface area contributed by atoms with E-state index in [0.717, 1.165) is 10.0 Å². The van der Waals surface area contributed by atoms with E-state index in [0.29, 0.717) is 35.7 Å². The first-order valence-electron chi connectivity index (χ1n) is 9.20. The van der Waals surface area contributed by atoms with E-state index >= 15 is 0 Å². The molecule has 3 rings (SSSR count). The van der Waals surface area contributed by atoms with Crippen molar-refractivity contribution in [2.24, 2.45) is 0 Å². The van der Waals surface area contributed by atoms with Crippen LogP contribution in [0.3, 0.4) is 0 Å². The molecule has 0 atom stereocenters. The molecule has 148 valence electrons. The highest BCUT2D eigenvalue weighted by Gasteiger charge is 2.10. The quantitative estimate of drug-likeness (QED) is 0.497. The van der Waals surface area contributed by atoms with Crippen molar-refractivity contribution in [3.05, 3.63) is 94.0 Å². The van der Waals surface area contributed by atoms with Crippen LogP contribution in [0.15, 0.2) is 77.3 Å². The highest BCUT2D eigenvalue weighted by molar-refractivity contribution is 9.10. The van der Waals surface area contributed by atoms with Gasteiger partial charge in [-0.15, -0.1) is 0 Å². The van der Waals surface area contributed by atoms with Crippen molar-refractivity contribution < 1.29 is 14.3 Å². The minimum absolute atomic E-state index is 0.243. The molecule has 0 saturated heterocycles. The maximum Gasteiger partial charge on any atom is 0.255 e. The largest absolute Gasteiger partial charge is 0.377 e. The van der Waals surface area contributed by atoms with Gasteiger partial charge in [0.05, 0.1) is 6.61 Å². The van der Waals surface area contributed by atoms with E-state index in [1.165, 1.54) is 0 Å². The number of anilines is 2. The maximum atomic E-state index is 12.6. The minimum atomic E-state index is -0.253. The Labute approximate surface area is 178 Å². The summed E-state index contributed by atoms with van der Waals surface area (Å²) in [6, 6.07) is 21.5. The fourth-order valence-corrected chi connectivity index (χ4v) is 3.13. The molecule has 0 heterocycles. The van der Waals surface area contributed by atoms with Crippen molar-refractivity contribution in [2.45, 2.75) is 13.5 Å². The van der Waals surface area contributed by atoms with E-state index in [4.69, 9.17) is 4.74 Å². The Morgan fingerprint density at radius 1 is 0.828 bits per heavy atom. The van der Waals surface area contributed by atoms with Crippen molar-refractivity contribution >= 4 is 39.1 Å². The van der Waals surface area contributed by atoms with Gasteiger partial charge in [0.15, 0.2) is 0 Å². The van der Waals surface area contributed by atoms with E-state index < -0.39 is 0 Å². The summed E-state index contributed by atoms with van der Waals surface area (Å²) in [6.45, 7) is 3.07. The molecule has 5 nitrogen and oxygen atoms in total. The van der Waals surface area contributed by atoms with E-state index in [9.17, 15) is 9.59 Å². The first-order chi connectivity index (χ1) is 14.0. The molecule has 0 aliphatic rings. The van der Waals surface area contributed by atoms with Crippen molar-refractivity contribution in [1.82, 2.24) is 0 Å². The molecule has 0 aliphatic heterocycles. The Balaban J connectivity index is 1.69. The lowest BCUT2D eigenvalue weighted by Crippen LogP contribution is -2.14. The number of hydrogen-bond donors (Lipinski definition) is 2. The third kappa shape index (κ3) is 6.01. The fourth-order valence-electron chi connectivity index (χ4n) is 2.73. The first-order valence-corrected chi connectivity index (χ1v) is 9.99. The molecule has 6 heteroatoms. The van der Waals surface area contributed by atoms with E-state index in [2.05, 4.69) is 26.6 Å². The molecular formula is C23H21BrN2O3. The number of nitrogens with one attached hydrogen (secondary N) is 2. The van der Waals surface area contributed by atoms with E-state index in [1.54, 1.807) is 42.5 Å². The van der Waals surface area contributed by atoms with Crippen LogP contribution in [0.5, 0.6) is 0 Å². The monoisotopic (exact) mass is 452 g/mol. The number of amides is 2. The van der Waals surface area contributed by atoms with Crippen LogP contribution < -0.4 is 10.6 Å². The minimum Gasteiger partial charge on any atom is -0.377 e. The molecule has 0 bridgehead atoms. The maximum absolute atomic E-state index is 12.6. The summed E-state index contributed by atoms with van der Waals surface area (Å²) < 4.78 is 6.23. The lowest BCUT2D eigenvalue weighted by Gasteiger charge is -2.10. The number of hydrogen-bond acceptors (Lipinski definition) is 3. The van der Waals surface area contributed by atoms with Crippen LogP contribution in [0.25, 0.3) is 0 Å². The lowest BCUT2D eigenvalue weighted by molar-refractivity contribution is 0.101. The number of halogens is 1. The van der Waals surface area contributed by atoms with Gasteiger partial charge < -0.3 is 15.4 Å². The van der Waals surface area contributed by atoms with Crippen molar-refractivity contribution in [3.63, 3.8) is 0 Å². The fraction of sp³-hybridized carbons (Fsp3) is 0.130. The number of rotatable bonds is 7. The van der Waals surface area contributed by atoms with Crippen LogP contribution in [-0.2, 0) is 11.3 Å². The zero-order chi connectivity index (χ0) is 20.6. The van der Waals surface area contributed by atoms with Gasteiger partial charge in [0, 0.05) is 33.6 Å². The summed E-state index contributed by atoms with van der Waals surface area (Å²) in [6.07, 6.45) is 0. The molecule has 2 N–H and O–H groups in total. The average molecular weight is 453 g/mol. The Bertz CT molecular complexity index is 1020. The normalized spacial score (nSPS) is 10.4. The highest BCUT2D eigenvalue weighted by atomic mass is 79.9. The molecule has 0 radical (unpaired) electrons. The van der Waals surface area contributed by atoms with Gasteiger partial charge in [0.1, 0.15) is 0 Å². The van der Waals surface area contributed by atoms with Crippen LogP contribution in [0.2, 0.25) is 0 Å². The summed E-state index contributed by atoms with van der Waals surface area (Å²) in [5.41, 5.74) is 3.20. The molecule has 3 aromatic carbocycles. The summed E-state index contributed by atoms with van der Waals surface area (Å²) in [7, 11) is 0. The van der Waals surface area contributed by atoms with Crippen LogP contribution >= 0.6 is 15.9 Å². The molecule has 2 amide bonds. The second-order valence-electron chi connectivity index (χ2n) is 6.34. The third-order valence-electron chi connectivity index (χ3n) is 4.13. The summed E-state index contributed by atoms with van der Waals surface area (Å²) >= 11 is 3.36. The second-order valence-corrected chi connectivity index (χ2v) is 7.25. The molecule has 29 heavy (non-hydrogen) atoms. The smallest absolute Gasteiger partial charge is 0.255 e. The molecule has 0 fully saturated rings. The van der Waals surface area contributed by atoms with E-state index in [-0.39, 0.29) is 11.8 Å². The molecule has 0 saturated carbocycles. The van der Waals surface area contributed by atoms with Gasteiger partial charge in [-0.05, 0) is 61.0 Å². The number of ether oxygens (including phenoxy) is 1. The van der Waals surface area contributed by atoms with Gasteiger partial charge >= 0.3 is 0 Å². The summed E-state index contributed by atoms with van der Waals surface area (Å²) in [5.74, 6) is -0.496. The Hall–Kier alpha value is -2.96. The standard InChI is InChI=1S/C23H21BrN2O3/c1-2-29-15-16-6-3-10-20(12-16)25-23(28)18-8-5-11-21(14-18)26-22(27)17-7-4-9-19(24)13-17/h3-14H,2,15H2,1H3,(H,25,28)(H,26,27). The van der Waals surface area contributed by atoms with Crippen molar-refractivity contribution in [3.8, 4) is 0 Å². The topological polar surface area (TPSA) is 67.4 Å². The lowest BCUT2D eigenvalue weighted by atomic mass is 10.1. The second kappa shape index (κ2) is 10.0. The van der Waals surface area contributed by atoms with Gasteiger partial charge in [0.25, 0.3) is 11.8 Å². The molecule has 0 aliphatic carbocycles. The molecule has 0 unspecified atom stereocenters. The zero-order valence-corrected chi connectivity index (χ0v) is 17.5. The van der Waals surface area contributed by atoms with Gasteiger partial charge in [0.2, 0.25) is 0 Å². The van der Waals surface area contributed by atoms with Crippen LogP contribution in [0.1, 0.15) is 33.2 Å². The Morgan fingerprint density at radius 2 is 1.41 bits per heavy atom. The van der Waals surface area contributed by atoms with Gasteiger partial charge in [-0.2, -0.15) is 0 Å². The predicted molar refractivity (Wildman–Crippen MR) is 118 cm³/mol. The van der Waals surface area contributed by atoms with Gasteiger partial charge in [-0.1, -0.05) is 40.2 Å². The number of carbonyl (C=O) groups excluding carboxylic acids is 2. The Morgan fingerprint density at radius 3 is 2.07 bits per heavy atom. The summed E-state index contributed by atoms with van der Waals surface area (Å²) in [5, 5.41) is 5.70. The van der Waals surface area contributed by atoms with Crippen LogP contribution in [-0.4, -0.2) is 18.4 Å². The van der Waals surface area contributed by atoms with E-state index in [1.807, 2.05) is 37.3 Å².